The maximum absolute atomic E-state index is 13.1. The highest BCUT2D eigenvalue weighted by Crippen LogP contribution is 2.36. The van der Waals surface area contributed by atoms with Crippen LogP contribution >= 0.6 is 11.3 Å². The number of aryl methyl sites for hydroxylation is 1. The van der Waals surface area contributed by atoms with Gasteiger partial charge in [0.1, 0.15) is 11.2 Å². The van der Waals surface area contributed by atoms with Gasteiger partial charge in [0.05, 0.1) is 40.7 Å². The highest BCUT2D eigenvalue weighted by molar-refractivity contribution is 7.16. The summed E-state index contributed by atoms with van der Waals surface area (Å²) < 4.78 is 40.6. The van der Waals surface area contributed by atoms with E-state index in [1.165, 1.54) is 23.5 Å². The number of hydrogen-bond donors (Lipinski definition) is 2. The molecule has 0 radical (unpaired) electrons. The van der Waals surface area contributed by atoms with E-state index in [9.17, 15) is 22.8 Å². The van der Waals surface area contributed by atoms with Gasteiger partial charge in [-0.3, -0.25) is 9.59 Å². The molecule has 1 aromatic carbocycles. The second-order valence-corrected chi connectivity index (χ2v) is 10.6. The molecule has 8 nitrogen and oxygen atoms in total. The van der Waals surface area contributed by atoms with Crippen molar-refractivity contribution >= 4 is 44.9 Å². The Morgan fingerprint density at radius 2 is 1.87 bits per heavy atom. The van der Waals surface area contributed by atoms with Gasteiger partial charge < -0.3 is 20.1 Å². The molecule has 1 fully saturated rings. The van der Waals surface area contributed by atoms with Gasteiger partial charge >= 0.3 is 6.18 Å². The van der Waals surface area contributed by atoms with Crippen LogP contribution in [0.25, 0.3) is 11.0 Å². The lowest BCUT2D eigenvalue weighted by molar-refractivity contribution is -0.137. The van der Waals surface area contributed by atoms with Crippen LogP contribution in [0.15, 0.2) is 48.9 Å². The van der Waals surface area contributed by atoms with Crippen LogP contribution in [0.5, 0.6) is 0 Å². The van der Waals surface area contributed by atoms with Crippen molar-refractivity contribution < 1.29 is 22.8 Å². The third-order valence-corrected chi connectivity index (χ3v) is 8.12. The van der Waals surface area contributed by atoms with Crippen LogP contribution < -0.4 is 10.6 Å². The minimum Gasteiger partial charge on any atom is -0.347 e. The lowest BCUT2D eigenvalue weighted by Crippen LogP contribution is -2.49. The molecule has 204 valence electrons. The molecule has 1 aliphatic rings. The number of pyridine rings is 1. The molecular formula is C27H27F3N6O2S. The molecule has 0 spiro atoms. The fourth-order valence-electron chi connectivity index (χ4n) is 4.48. The third-order valence-electron chi connectivity index (χ3n) is 6.85. The maximum atomic E-state index is 13.1. The number of carbonyl (C=O) groups is 2. The van der Waals surface area contributed by atoms with E-state index in [1.54, 1.807) is 30.4 Å². The molecule has 1 aliphatic heterocycles. The van der Waals surface area contributed by atoms with Gasteiger partial charge in [-0.05, 0) is 55.3 Å². The number of fused-ring (bicyclic) bond motifs is 1. The molecule has 1 unspecified atom stereocenters. The van der Waals surface area contributed by atoms with Crippen molar-refractivity contribution in [2.75, 3.05) is 18.4 Å². The molecule has 4 aromatic rings. The van der Waals surface area contributed by atoms with Crippen molar-refractivity contribution in [1.82, 2.24) is 24.8 Å². The van der Waals surface area contributed by atoms with Gasteiger partial charge in [-0.2, -0.15) is 13.2 Å². The van der Waals surface area contributed by atoms with E-state index in [0.29, 0.717) is 30.7 Å². The maximum Gasteiger partial charge on any atom is 0.416 e. The molecule has 4 heterocycles. The lowest BCUT2D eigenvalue weighted by Gasteiger charge is -2.39. The Morgan fingerprint density at radius 3 is 2.51 bits per heavy atom. The number of aromatic nitrogens is 3. The molecular weight excluding hydrogens is 529 g/mol. The van der Waals surface area contributed by atoms with E-state index >= 15 is 0 Å². The Bertz CT molecular complexity index is 1520. The summed E-state index contributed by atoms with van der Waals surface area (Å²) in [7, 11) is 0. The number of carbonyl (C=O) groups excluding carboxylic acids is 2. The Labute approximate surface area is 226 Å². The monoisotopic (exact) mass is 556 g/mol. The van der Waals surface area contributed by atoms with Crippen LogP contribution in [-0.4, -0.2) is 44.3 Å². The SMILES string of the molecule is CCc1cc(C(C)NC(=O)c2cc3c(cn2)ncn3C2CN(C(C)=O)C2)sc1Nc1ccc(C(F)(F)F)cc1. The van der Waals surface area contributed by atoms with E-state index in [0.717, 1.165) is 33.1 Å². The summed E-state index contributed by atoms with van der Waals surface area (Å²) in [5.41, 5.74) is 2.56. The first-order valence-electron chi connectivity index (χ1n) is 12.5. The van der Waals surface area contributed by atoms with Crippen LogP contribution in [0.2, 0.25) is 0 Å². The first-order chi connectivity index (χ1) is 18.5. The summed E-state index contributed by atoms with van der Waals surface area (Å²) in [5, 5.41) is 7.02. The fraction of sp³-hybridized carbons (Fsp3) is 0.333. The number of halogens is 3. The van der Waals surface area contributed by atoms with Gasteiger partial charge in [0, 0.05) is 30.6 Å². The number of alkyl halides is 3. The molecule has 1 atom stereocenters. The van der Waals surface area contributed by atoms with Crippen molar-refractivity contribution in [2.45, 2.75) is 45.5 Å². The van der Waals surface area contributed by atoms with Crippen LogP contribution in [0.4, 0.5) is 23.9 Å². The number of rotatable bonds is 7. The third kappa shape index (κ3) is 5.47. The topological polar surface area (TPSA) is 92.2 Å². The summed E-state index contributed by atoms with van der Waals surface area (Å²) in [6.45, 7) is 6.61. The van der Waals surface area contributed by atoms with Gasteiger partial charge in [-0.25, -0.2) is 9.97 Å². The highest BCUT2D eigenvalue weighted by Gasteiger charge is 2.31. The van der Waals surface area contributed by atoms with Gasteiger partial charge in [0.15, 0.2) is 0 Å². The quantitative estimate of drug-likeness (QED) is 0.304. The second-order valence-electron chi connectivity index (χ2n) is 9.54. The molecule has 0 saturated carbocycles. The zero-order valence-corrected chi connectivity index (χ0v) is 22.4. The largest absolute Gasteiger partial charge is 0.416 e. The number of likely N-dealkylation sites (tertiary alicyclic amines) is 1. The Balaban J connectivity index is 1.29. The van der Waals surface area contributed by atoms with Crippen LogP contribution in [-0.2, 0) is 17.4 Å². The number of hydrogen-bond acceptors (Lipinski definition) is 6. The van der Waals surface area contributed by atoms with Crippen molar-refractivity contribution in [3.63, 3.8) is 0 Å². The average Bonchev–Trinajstić information content (AvgIpc) is 3.46. The zero-order chi connectivity index (χ0) is 27.9. The second kappa shape index (κ2) is 10.3. The summed E-state index contributed by atoms with van der Waals surface area (Å²) in [6.07, 6.45) is -0.393. The molecule has 2 amide bonds. The molecule has 3 aromatic heterocycles. The first kappa shape index (κ1) is 26.7. The predicted molar refractivity (Wildman–Crippen MR) is 143 cm³/mol. The number of nitrogens with zero attached hydrogens (tertiary/aromatic N) is 4. The Hall–Kier alpha value is -3.93. The Kier molecular flexibility index (Phi) is 7.06. The number of anilines is 2. The van der Waals surface area contributed by atoms with Crippen molar-refractivity contribution in [2.24, 2.45) is 0 Å². The van der Waals surface area contributed by atoms with Crippen LogP contribution in [0.3, 0.4) is 0 Å². The number of benzene rings is 1. The lowest BCUT2D eigenvalue weighted by atomic mass is 10.1. The van der Waals surface area contributed by atoms with Gasteiger partial charge in [0.2, 0.25) is 5.91 Å². The highest BCUT2D eigenvalue weighted by atomic mass is 32.1. The molecule has 5 rings (SSSR count). The summed E-state index contributed by atoms with van der Waals surface area (Å²) in [5.74, 6) is -0.302. The summed E-state index contributed by atoms with van der Waals surface area (Å²) in [4.78, 5) is 36.0. The first-order valence-corrected chi connectivity index (χ1v) is 13.3. The molecule has 39 heavy (non-hydrogen) atoms. The molecule has 0 bridgehead atoms. The van der Waals surface area contributed by atoms with E-state index < -0.39 is 11.7 Å². The zero-order valence-electron chi connectivity index (χ0n) is 21.5. The van der Waals surface area contributed by atoms with Gasteiger partial charge in [0.25, 0.3) is 5.91 Å². The predicted octanol–water partition coefficient (Wildman–Crippen LogP) is 5.71. The van der Waals surface area contributed by atoms with Crippen molar-refractivity contribution in [3.05, 3.63) is 70.6 Å². The number of imidazole rings is 1. The molecule has 0 aliphatic carbocycles. The molecule has 1 saturated heterocycles. The summed E-state index contributed by atoms with van der Waals surface area (Å²) >= 11 is 1.44. The Morgan fingerprint density at radius 1 is 1.15 bits per heavy atom. The van der Waals surface area contributed by atoms with Gasteiger partial charge in [-0.15, -0.1) is 11.3 Å². The standard InChI is InChI=1S/C27H27F3N6O2S/c1-4-17-9-24(39-26(17)34-19-7-5-18(6-8-19)27(28,29)30)15(2)33-25(38)21-10-23-22(11-31-21)32-14-36(23)20-12-35(13-20)16(3)37/h5-11,14-15,20,34H,4,12-13H2,1-3H3,(H,33,38). The van der Waals surface area contributed by atoms with Crippen molar-refractivity contribution in [3.8, 4) is 0 Å². The smallest absolute Gasteiger partial charge is 0.347 e. The number of amides is 2. The average molecular weight is 557 g/mol. The van der Waals surface area contributed by atoms with E-state index in [1.807, 2.05) is 24.5 Å². The fourth-order valence-corrected chi connectivity index (χ4v) is 5.66. The minimum absolute atomic E-state index is 0.0314. The normalized spacial score (nSPS) is 14.8. The minimum atomic E-state index is -4.39. The van der Waals surface area contributed by atoms with E-state index in [4.69, 9.17) is 0 Å². The molecule has 12 heteroatoms. The molecule has 2 N–H and O–H groups in total. The van der Waals surface area contributed by atoms with Gasteiger partial charge in [-0.1, -0.05) is 6.92 Å². The van der Waals surface area contributed by atoms with Crippen LogP contribution in [0.1, 0.15) is 59.3 Å². The van der Waals surface area contributed by atoms with E-state index in [2.05, 4.69) is 20.6 Å². The van der Waals surface area contributed by atoms with E-state index in [-0.39, 0.29) is 29.6 Å². The summed E-state index contributed by atoms with van der Waals surface area (Å²) in [6, 6.07) is 8.38. The number of nitrogens with one attached hydrogen (secondary N) is 2. The van der Waals surface area contributed by atoms with Crippen LogP contribution in [0, 0.1) is 0 Å². The van der Waals surface area contributed by atoms with Crippen molar-refractivity contribution in [1.29, 1.82) is 0 Å². The number of thiophene rings is 1.